The number of carbonyl (C=O) groups is 1. The maximum absolute atomic E-state index is 11.9. The summed E-state index contributed by atoms with van der Waals surface area (Å²) >= 11 is 0. The van der Waals surface area contributed by atoms with Gasteiger partial charge in [0.15, 0.2) is 0 Å². The number of benzene rings is 1. The molecule has 1 aromatic carbocycles. The molecule has 29 heavy (non-hydrogen) atoms. The van der Waals surface area contributed by atoms with E-state index in [9.17, 15) is 4.79 Å². The van der Waals surface area contributed by atoms with Crippen LogP contribution in [0.15, 0.2) is 48.8 Å². The minimum Gasteiger partial charge on any atom is -0.338 e. The molecule has 1 aromatic heterocycles. The zero-order valence-corrected chi connectivity index (χ0v) is 16.8. The van der Waals surface area contributed by atoms with Crippen LogP contribution in [-0.4, -0.2) is 42.1 Å². The fourth-order valence-electron chi connectivity index (χ4n) is 3.77. The minimum atomic E-state index is -0.225. The van der Waals surface area contributed by atoms with E-state index in [-0.39, 0.29) is 6.03 Å². The Morgan fingerprint density at radius 1 is 1.17 bits per heavy atom. The van der Waals surface area contributed by atoms with E-state index in [1.807, 2.05) is 12.4 Å². The molecule has 0 aliphatic carbocycles. The van der Waals surface area contributed by atoms with Crippen LogP contribution in [0, 0.1) is 17.2 Å². The molecular weight excluding hydrogens is 362 g/mol. The van der Waals surface area contributed by atoms with Crippen molar-refractivity contribution in [2.24, 2.45) is 5.92 Å². The number of anilines is 1. The van der Waals surface area contributed by atoms with Crippen LogP contribution in [0.3, 0.4) is 0 Å². The molecule has 2 N–H and O–H groups in total. The van der Waals surface area contributed by atoms with Crippen molar-refractivity contribution in [3.8, 4) is 6.07 Å². The first-order valence-electron chi connectivity index (χ1n) is 10.4. The lowest BCUT2D eigenvalue weighted by Crippen LogP contribution is -2.35. The topological polar surface area (TPSA) is 81.0 Å². The number of unbranched alkanes of at least 4 members (excludes halogenated alkanes) is 1. The van der Waals surface area contributed by atoms with Crippen molar-refractivity contribution in [3.05, 3.63) is 59.9 Å². The Hall–Kier alpha value is -2.91. The Labute approximate surface area is 172 Å². The second-order valence-electron chi connectivity index (χ2n) is 7.63. The number of carbonyl (C=O) groups excluding carboxylic acids is 1. The molecule has 2 heterocycles. The Morgan fingerprint density at radius 2 is 1.97 bits per heavy atom. The molecule has 2 aromatic rings. The molecule has 6 heteroatoms. The molecule has 1 aliphatic heterocycles. The second-order valence-corrected chi connectivity index (χ2v) is 7.63. The number of likely N-dealkylation sites (tertiary alicyclic amines) is 1. The van der Waals surface area contributed by atoms with Crippen molar-refractivity contribution >= 4 is 11.7 Å². The molecule has 0 atom stereocenters. The van der Waals surface area contributed by atoms with Crippen LogP contribution in [0.25, 0.3) is 0 Å². The lowest BCUT2D eigenvalue weighted by Gasteiger charge is -2.32. The van der Waals surface area contributed by atoms with E-state index >= 15 is 0 Å². The monoisotopic (exact) mass is 391 g/mol. The first kappa shape index (κ1) is 20.8. The summed E-state index contributed by atoms with van der Waals surface area (Å²) in [5.41, 5.74) is 2.56. The molecule has 0 bridgehead atoms. The number of pyridine rings is 1. The van der Waals surface area contributed by atoms with Crippen molar-refractivity contribution in [3.63, 3.8) is 0 Å². The van der Waals surface area contributed by atoms with E-state index in [1.165, 1.54) is 31.5 Å². The summed E-state index contributed by atoms with van der Waals surface area (Å²) in [6.07, 6.45) is 9.47. The zero-order chi connectivity index (χ0) is 20.3. The highest BCUT2D eigenvalue weighted by Crippen LogP contribution is 2.21. The van der Waals surface area contributed by atoms with Crippen LogP contribution in [0.1, 0.15) is 36.8 Å². The minimum absolute atomic E-state index is 0.225. The van der Waals surface area contributed by atoms with Crippen LogP contribution in [0.5, 0.6) is 0 Å². The lowest BCUT2D eigenvalue weighted by atomic mass is 9.90. The fourth-order valence-corrected chi connectivity index (χ4v) is 3.77. The van der Waals surface area contributed by atoms with Gasteiger partial charge in [-0.05, 0) is 93.6 Å². The zero-order valence-electron chi connectivity index (χ0n) is 16.8. The third kappa shape index (κ3) is 7.20. The number of rotatable bonds is 8. The average Bonchev–Trinajstić information content (AvgIpc) is 2.75. The Morgan fingerprint density at radius 3 is 2.72 bits per heavy atom. The van der Waals surface area contributed by atoms with Gasteiger partial charge in [0.05, 0.1) is 11.6 Å². The molecule has 1 saturated heterocycles. The lowest BCUT2D eigenvalue weighted by molar-refractivity contribution is 0.181. The highest BCUT2D eigenvalue weighted by atomic mass is 16.2. The highest BCUT2D eigenvalue weighted by molar-refractivity contribution is 5.89. The summed E-state index contributed by atoms with van der Waals surface area (Å²) in [7, 11) is 0. The van der Waals surface area contributed by atoms with Gasteiger partial charge >= 0.3 is 6.03 Å². The predicted molar refractivity (Wildman–Crippen MR) is 115 cm³/mol. The maximum atomic E-state index is 11.9. The first-order valence-corrected chi connectivity index (χ1v) is 10.4. The van der Waals surface area contributed by atoms with Crippen molar-refractivity contribution in [2.75, 3.05) is 31.5 Å². The third-order valence-corrected chi connectivity index (χ3v) is 5.42. The van der Waals surface area contributed by atoms with E-state index < -0.39 is 0 Å². The molecular formula is C23H29N5O. The molecule has 1 aliphatic rings. The third-order valence-electron chi connectivity index (χ3n) is 5.42. The van der Waals surface area contributed by atoms with Gasteiger partial charge in [0, 0.05) is 24.6 Å². The van der Waals surface area contributed by atoms with E-state index in [4.69, 9.17) is 5.26 Å². The van der Waals surface area contributed by atoms with Crippen molar-refractivity contribution in [1.82, 2.24) is 15.2 Å². The van der Waals surface area contributed by atoms with E-state index in [2.05, 4.69) is 38.7 Å². The molecule has 2 amide bonds. The SMILES string of the molecule is N#Cc1cccc(NC(=O)NCCCCN2CCC(Cc3ccncc3)CC2)c1. The van der Waals surface area contributed by atoms with Gasteiger partial charge in [-0.15, -0.1) is 0 Å². The predicted octanol–water partition coefficient (Wildman–Crippen LogP) is 3.81. The number of urea groups is 1. The smallest absolute Gasteiger partial charge is 0.319 e. The van der Waals surface area contributed by atoms with Crippen LogP contribution >= 0.6 is 0 Å². The normalized spacial score (nSPS) is 14.9. The molecule has 0 radical (unpaired) electrons. The van der Waals surface area contributed by atoms with Gasteiger partial charge < -0.3 is 15.5 Å². The second kappa shape index (κ2) is 11.2. The number of hydrogen-bond acceptors (Lipinski definition) is 4. The Kier molecular flexibility index (Phi) is 8.02. The molecule has 1 fully saturated rings. The van der Waals surface area contributed by atoms with Gasteiger partial charge in [0.1, 0.15) is 0 Å². The van der Waals surface area contributed by atoms with Gasteiger partial charge in [-0.3, -0.25) is 4.98 Å². The van der Waals surface area contributed by atoms with E-state index in [1.54, 1.807) is 24.3 Å². The highest BCUT2D eigenvalue weighted by Gasteiger charge is 2.19. The molecule has 3 rings (SSSR count). The Balaban J connectivity index is 1.25. The number of aromatic nitrogens is 1. The summed E-state index contributed by atoms with van der Waals surface area (Å²) in [6.45, 7) is 4.08. The number of nitrogens with zero attached hydrogens (tertiary/aromatic N) is 3. The van der Waals surface area contributed by atoms with Gasteiger partial charge in [-0.25, -0.2) is 4.79 Å². The van der Waals surface area contributed by atoms with Gasteiger partial charge in [0.2, 0.25) is 0 Å². The van der Waals surface area contributed by atoms with Crippen molar-refractivity contribution in [2.45, 2.75) is 32.1 Å². The summed E-state index contributed by atoms with van der Waals surface area (Å²) in [5, 5.41) is 14.6. The molecule has 6 nitrogen and oxygen atoms in total. The number of nitrogens with one attached hydrogen (secondary N) is 2. The molecule has 152 valence electrons. The molecule has 0 spiro atoms. The summed E-state index contributed by atoms with van der Waals surface area (Å²) in [5.74, 6) is 0.776. The number of nitriles is 1. The van der Waals surface area contributed by atoms with E-state index in [0.29, 0.717) is 17.8 Å². The van der Waals surface area contributed by atoms with Gasteiger partial charge in [-0.1, -0.05) is 6.07 Å². The number of amides is 2. The summed E-state index contributed by atoms with van der Waals surface area (Å²) in [6, 6.07) is 13.0. The first-order chi connectivity index (χ1) is 14.2. The van der Waals surface area contributed by atoms with Crippen LogP contribution in [0.2, 0.25) is 0 Å². The maximum Gasteiger partial charge on any atom is 0.319 e. The van der Waals surface area contributed by atoms with Gasteiger partial charge in [-0.2, -0.15) is 5.26 Å². The van der Waals surface area contributed by atoms with Crippen molar-refractivity contribution < 1.29 is 4.79 Å². The standard InChI is InChI=1S/C23H29N5O/c24-18-21-4-3-5-22(17-21)27-23(29)26-10-1-2-13-28-14-8-20(9-15-28)16-19-6-11-25-12-7-19/h3-7,11-12,17,20H,1-2,8-10,13-16H2,(H2,26,27,29). The number of hydrogen-bond donors (Lipinski definition) is 2. The fraction of sp³-hybridized carbons (Fsp3) is 0.435. The van der Waals surface area contributed by atoms with Gasteiger partial charge in [0.25, 0.3) is 0 Å². The van der Waals surface area contributed by atoms with E-state index in [0.717, 1.165) is 31.7 Å². The summed E-state index contributed by atoms with van der Waals surface area (Å²) in [4.78, 5) is 18.6. The molecule has 0 saturated carbocycles. The largest absolute Gasteiger partial charge is 0.338 e. The quantitative estimate of drug-likeness (QED) is 0.671. The average molecular weight is 392 g/mol. The Bertz CT molecular complexity index is 810. The van der Waals surface area contributed by atoms with Crippen LogP contribution < -0.4 is 10.6 Å². The van der Waals surface area contributed by atoms with Crippen LogP contribution in [0.4, 0.5) is 10.5 Å². The van der Waals surface area contributed by atoms with Crippen LogP contribution in [-0.2, 0) is 6.42 Å². The number of piperidine rings is 1. The molecule has 0 unspecified atom stereocenters. The summed E-state index contributed by atoms with van der Waals surface area (Å²) < 4.78 is 0. The van der Waals surface area contributed by atoms with Crippen molar-refractivity contribution in [1.29, 1.82) is 5.26 Å².